The van der Waals surface area contributed by atoms with E-state index in [2.05, 4.69) is 45.6 Å². The highest BCUT2D eigenvalue weighted by atomic mass is 79.9. The van der Waals surface area contributed by atoms with Crippen LogP contribution in [0.4, 0.5) is 5.69 Å². The number of hydrogen-bond acceptors (Lipinski definition) is 2. The second kappa shape index (κ2) is 6.94. The number of nitrogens with one attached hydrogen (secondary N) is 2. The quantitative estimate of drug-likeness (QED) is 0.868. The third-order valence-electron chi connectivity index (χ3n) is 3.51. The van der Waals surface area contributed by atoms with E-state index in [0.29, 0.717) is 19.0 Å². The normalized spacial score (nSPS) is 15.5. The highest BCUT2D eigenvalue weighted by molar-refractivity contribution is 9.10. The highest BCUT2D eigenvalue weighted by Crippen LogP contribution is 2.23. The van der Waals surface area contributed by atoms with Gasteiger partial charge in [-0.1, -0.05) is 18.9 Å². The van der Waals surface area contributed by atoms with E-state index in [9.17, 15) is 4.79 Å². The van der Waals surface area contributed by atoms with Crippen LogP contribution in [0.2, 0.25) is 0 Å². The number of amides is 1. The summed E-state index contributed by atoms with van der Waals surface area (Å²) in [6, 6.07) is 6.58. The van der Waals surface area contributed by atoms with E-state index in [1.165, 1.54) is 18.4 Å². The average molecular weight is 325 g/mol. The van der Waals surface area contributed by atoms with Gasteiger partial charge in [-0.3, -0.25) is 4.79 Å². The van der Waals surface area contributed by atoms with E-state index in [0.717, 1.165) is 23.0 Å². The second-order valence-corrected chi connectivity index (χ2v) is 6.06. The summed E-state index contributed by atoms with van der Waals surface area (Å²) in [5.74, 6) is 0.155. The molecule has 0 aromatic heterocycles. The summed E-state index contributed by atoms with van der Waals surface area (Å²) < 4.78 is 1.05. The Morgan fingerprint density at radius 2 is 2.11 bits per heavy atom. The molecule has 0 atom stereocenters. The van der Waals surface area contributed by atoms with Gasteiger partial charge in [-0.2, -0.15) is 0 Å². The van der Waals surface area contributed by atoms with Gasteiger partial charge in [0.25, 0.3) is 0 Å². The molecule has 0 aliphatic heterocycles. The van der Waals surface area contributed by atoms with Crippen molar-refractivity contribution in [1.82, 2.24) is 5.32 Å². The Kier molecular flexibility index (Phi) is 5.25. The van der Waals surface area contributed by atoms with Gasteiger partial charge in [0.05, 0.1) is 0 Å². The van der Waals surface area contributed by atoms with Crippen LogP contribution in [0.5, 0.6) is 0 Å². The summed E-state index contributed by atoms with van der Waals surface area (Å²) in [6.45, 7) is 2.73. The van der Waals surface area contributed by atoms with Gasteiger partial charge in [-0.05, 0) is 53.4 Å². The first-order valence-electron chi connectivity index (χ1n) is 6.94. The second-order valence-electron chi connectivity index (χ2n) is 5.21. The number of benzene rings is 1. The Balaban J connectivity index is 1.72. The zero-order valence-electron chi connectivity index (χ0n) is 11.3. The molecule has 1 aliphatic rings. The lowest BCUT2D eigenvalue weighted by Gasteiger charge is -2.13. The average Bonchev–Trinajstić information content (AvgIpc) is 2.84. The van der Waals surface area contributed by atoms with Crippen LogP contribution >= 0.6 is 15.9 Å². The largest absolute Gasteiger partial charge is 0.384 e. The molecule has 0 radical (unpaired) electrons. The minimum Gasteiger partial charge on any atom is -0.384 e. The van der Waals surface area contributed by atoms with Gasteiger partial charge in [0, 0.05) is 29.2 Å². The highest BCUT2D eigenvalue weighted by Gasteiger charge is 2.16. The molecule has 19 heavy (non-hydrogen) atoms. The van der Waals surface area contributed by atoms with Crippen LogP contribution in [0.25, 0.3) is 0 Å². The van der Waals surface area contributed by atoms with Crippen molar-refractivity contribution in [2.24, 2.45) is 0 Å². The molecule has 2 N–H and O–H groups in total. The van der Waals surface area contributed by atoms with E-state index in [1.54, 1.807) is 0 Å². The van der Waals surface area contributed by atoms with E-state index >= 15 is 0 Å². The third-order valence-corrected chi connectivity index (χ3v) is 4.17. The molecule has 0 spiro atoms. The first-order valence-corrected chi connectivity index (χ1v) is 7.74. The SMILES string of the molecule is Cc1ccc(NCCC(=O)NC2CCCC2)c(Br)c1. The molecule has 0 bridgehead atoms. The summed E-state index contributed by atoms with van der Waals surface area (Å²) >= 11 is 3.52. The lowest BCUT2D eigenvalue weighted by atomic mass is 10.2. The first-order chi connectivity index (χ1) is 9.15. The van der Waals surface area contributed by atoms with Gasteiger partial charge >= 0.3 is 0 Å². The van der Waals surface area contributed by atoms with Crippen molar-refractivity contribution in [3.8, 4) is 0 Å². The van der Waals surface area contributed by atoms with Gasteiger partial charge in [0.2, 0.25) is 5.91 Å². The Labute approximate surface area is 123 Å². The summed E-state index contributed by atoms with van der Waals surface area (Å²) in [5, 5.41) is 6.39. The molecule has 0 unspecified atom stereocenters. The van der Waals surface area contributed by atoms with Crippen LogP contribution < -0.4 is 10.6 Å². The molecule has 104 valence electrons. The van der Waals surface area contributed by atoms with Gasteiger partial charge in [0.15, 0.2) is 0 Å². The van der Waals surface area contributed by atoms with Gasteiger partial charge in [-0.25, -0.2) is 0 Å². The molecule has 4 heteroatoms. The van der Waals surface area contributed by atoms with Crippen molar-refractivity contribution in [1.29, 1.82) is 0 Å². The molecular weight excluding hydrogens is 304 g/mol. The third kappa shape index (κ3) is 4.53. The molecule has 0 saturated heterocycles. The minimum atomic E-state index is 0.155. The van der Waals surface area contributed by atoms with Gasteiger partial charge < -0.3 is 10.6 Å². The summed E-state index contributed by atoms with van der Waals surface area (Å²) in [7, 11) is 0. The van der Waals surface area contributed by atoms with Crippen LogP contribution in [-0.2, 0) is 4.79 Å². The Bertz CT molecular complexity index is 442. The predicted molar refractivity (Wildman–Crippen MR) is 82.4 cm³/mol. The Morgan fingerprint density at radius 3 is 2.79 bits per heavy atom. The first kappa shape index (κ1) is 14.4. The maximum atomic E-state index is 11.8. The fourth-order valence-electron chi connectivity index (χ4n) is 2.44. The van der Waals surface area contributed by atoms with Crippen molar-refractivity contribution >= 4 is 27.5 Å². The number of halogens is 1. The van der Waals surface area contributed by atoms with Crippen LogP contribution in [0.3, 0.4) is 0 Å². The smallest absolute Gasteiger partial charge is 0.221 e. The van der Waals surface area contributed by atoms with Gasteiger partial charge in [0.1, 0.15) is 0 Å². The molecule has 1 amide bonds. The summed E-state index contributed by atoms with van der Waals surface area (Å²) in [6.07, 6.45) is 5.31. The van der Waals surface area contributed by atoms with Crippen LogP contribution in [0.1, 0.15) is 37.7 Å². The molecule has 1 aliphatic carbocycles. The van der Waals surface area contributed by atoms with E-state index in [-0.39, 0.29) is 5.91 Å². The van der Waals surface area contributed by atoms with E-state index in [1.807, 2.05) is 6.07 Å². The molecule has 0 heterocycles. The number of carbonyl (C=O) groups is 1. The van der Waals surface area contributed by atoms with Crippen molar-refractivity contribution in [2.75, 3.05) is 11.9 Å². The molecule has 1 aromatic rings. The molecule has 1 aromatic carbocycles. The minimum absolute atomic E-state index is 0.155. The number of aryl methyl sites for hydroxylation is 1. The Morgan fingerprint density at radius 1 is 1.37 bits per heavy atom. The fourth-order valence-corrected chi connectivity index (χ4v) is 3.08. The van der Waals surface area contributed by atoms with Crippen molar-refractivity contribution in [2.45, 2.75) is 45.1 Å². The predicted octanol–water partition coefficient (Wildman–Crippen LogP) is 3.62. The number of rotatable bonds is 5. The molecule has 2 rings (SSSR count). The number of carbonyl (C=O) groups excluding carboxylic acids is 1. The zero-order valence-corrected chi connectivity index (χ0v) is 12.9. The lowest BCUT2D eigenvalue weighted by molar-refractivity contribution is -0.121. The topological polar surface area (TPSA) is 41.1 Å². The van der Waals surface area contributed by atoms with Crippen LogP contribution in [0, 0.1) is 6.92 Å². The zero-order chi connectivity index (χ0) is 13.7. The molecule has 3 nitrogen and oxygen atoms in total. The maximum Gasteiger partial charge on any atom is 0.221 e. The van der Waals surface area contributed by atoms with Crippen molar-refractivity contribution < 1.29 is 4.79 Å². The van der Waals surface area contributed by atoms with E-state index < -0.39 is 0 Å². The van der Waals surface area contributed by atoms with Gasteiger partial charge in [-0.15, -0.1) is 0 Å². The molecular formula is C15H21BrN2O. The fraction of sp³-hybridized carbons (Fsp3) is 0.533. The molecule has 1 saturated carbocycles. The van der Waals surface area contributed by atoms with Crippen LogP contribution in [-0.4, -0.2) is 18.5 Å². The maximum absolute atomic E-state index is 11.8. The summed E-state index contributed by atoms with van der Waals surface area (Å²) in [4.78, 5) is 11.8. The molecule has 1 fully saturated rings. The number of hydrogen-bond donors (Lipinski definition) is 2. The van der Waals surface area contributed by atoms with Crippen molar-refractivity contribution in [3.63, 3.8) is 0 Å². The Hall–Kier alpha value is -1.03. The standard InChI is InChI=1S/C15H21BrN2O/c1-11-6-7-14(13(16)10-11)17-9-8-15(19)18-12-4-2-3-5-12/h6-7,10,12,17H,2-5,8-9H2,1H3,(H,18,19). The number of anilines is 1. The summed E-state index contributed by atoms with van der Waals surface area (Å²) in [5.41, 5.74) is 2.26. The monoisotopic (exact) mass is 324 g/mol. The lowest BCUT2D eigenvalue weighted by Crippen LogP contribution is -2.33. The van der Waals surface area contributed by atoms with Crippen molar-refractivity contribution in [3.05, 3.63) is 28.2 Å². The van der Waals surface area contributed by atoms with E-state index in [4.69, 9.17) is 0 Å². The van der Waals surface area contributed by atoms with Crippen LogP contribution in [0.15, 0.2) is 22.7 Å².